The fourth-order valence-electron chi connectivity index (χ4n) is 2.34. The van der Waals surface area contributed by atoms with Crippen molar-refractivity contribution in [2.75, 3.05) is 10.6 Å². The van der Waals surface area contributed by atoms with Crippen molar-refractivity contribution in [2.24, 2.45) is 0 Å². The van der Waals surface area contributed by atoms with Crippen molar-refractivity contribution in [1.29, 1.82) is 0 Å². The molecule has 0 saturated heterocycles. The third-order valence-corrected chi connectivity index (χ3v) is 4.39. The van der Waals surface area contributed by atoms with Crippen LogP contribution in [0.5, 0.6) is 0 Å². The SMILES string of the molecule is O=C(NCc1cccnc1)Nc1ccc(NC(=O)c2ccccc2Br)cc1. The Morgan fingerprint density at radius 3 is 2.26 bits per heavy atom. The predicted octanol–water partition coefficient (Wildman–Crippen LogP) is 4.42. The number of hydrogen-bond acceptors (Lipinski definition) is 3. The molecule has 3 aromatic rings. The molecule has 0 bridgehead atoms. The molecule has 0 aliphatic rings. The molecule has 0 spiro atoms. The van der Waals surface area contributed by atoms with Crippen LogP contribution in [-0.4, -0.2) is 16.9 Å². The third kappa shape index (κ3) is 5.39. The number of carbonyl (C=O) groups excluding carboxylic acids is 2. The first-order valence-electron chi connectivity index (χ1n) is 8.21. The zero-order chi connectivity index (χ0) is 19.1. The van der Waals surface area contributed by atoms with Crippen LogP contribution >= 0.6 is 15.9 Å². The van der Waals surface area contributed by atoms with Crippen molar-refractivity contribution >= 4 is 39.2 Å². The van der Waals surface area contributed by atoms with Crippen molar-refractivity contribution in [1.82, 2.24) is 10.3 Å². The van der Waals surface area contributed by atoms with Gasteiger partial charge in [0.15, 0.2) is 0 Å². The highest BCUT2D eigenvalue weighted by atomic mass is 79.9. The van der Waals surface area contributed by atoms with Crippen molar-refractivity contribution in [3.63, 3.8) is 0 Å². The minimum atomic E-state index is -0.316. The minimum absolute atomic E-state index is 0.211. The first kappa shape index (κ1) is 18.6. The molecule has 0 saturated carbocycles. The van der Waals surface area contributed by atoms with Gasteiger partial charge in [-0.1, -0.05) is 18.2 Å². The largest absolute Gasteiger partial charge is 0.334 e. The molecule has 3 amide bonds. The van der Waals surface area contributed by atoms with E-state index in [-0.39, 0.29) is 11.9 Å². The molecule has 27 heavy (non-hydrogen) atoms. The van der Waals surface area contributed by atoms with Crippen LogP contribution in [0.3, 0.4) is 0 Å². The Kier molecular flexibility index (Phi) is 6.17. The van der Waals surface area contributed by atoms with Gasteiger partial charge in [-0.2, -0.15) is 0 Å². The Morgan fingerprint density at radius 2 is 1.59 bits per heavy atom. The van der Waals surface area contributed by atoms with Crippen molar-refractivity contribution in [2.45, 2.75) is 6.54 Å². The summed E-state index contributed by atoms with van der Waals surface area (Å²) in [6, 6.07) is 17.5. The van der Waals surface area contributed by atoms with Gasteiger partial charge >= 0.3 is 6.03 Å². The zero-order valence-electron chi connectivity index (χ0n) is 14.3. The third-order valence-electron chi connectivity index (χ3n) is 3.69. The second-order valence-corrected chi connectivity index (χ2v) is 6.53. The maximum absolute atomic E-state index is 12.3. The van der Waals surface area contributed by atoms with E-state index in [2.05, 4.69) is 36.9 Å². The summed E-state index contributed by atoms with van der Waals surface area (Å²) in [5, 5.41) is 8.32. The monoisotopic (exact) mass is 424 g/mol. The normalized spacial score (nSPS) is 10.1. The summed E-state index contributed by atoms with van der Waals surface area (Å²) in [5.74, 6) is -0.211. The molecule has 0 radical (unpaired) electrons. The molecule has 3 rings (SSSR count). The lowest BCUT2D eigenvalue weighted by Crippen LogP contribution is -2.28. The second-order valence-electron chi connectivity index (χ2n) is 5.68. The predicted molar refractivity (Wildman–Crippen MR) is 109 cm³/mol. The van der Waals surface area contributed by atoms with E-state index in [4.69, 9.17) is 0 Å². The number of rotatable bonds is 5. The Morgan fingerprint density at radius 1 is 0.889 bits per heavy atom. The molecule has 1 heterocycles. The number of pyridine rings is 1. The van der Waals surface area contributed by atoms with Gasteiger partial charge in [0.25, 0.3) is 5.91 Å². The molecule has 136 valence electrons. The summed E-state index contributed by atoms with van der Waals surface area (Å²) in [5.41, 5.74) is 2.72. The number of halogens is 1. The topological polar surface area (TPSA) is 83.1 Å². The van der Waals surface area contributed by atoms with E-state index in [1.807, 2.05) is 24.3 Å². The van der Waals surface area contributed by atoms with Gasteiger partial charge in [-0.05, 0) is 64.0 Å². The summed E-state index contributed by atoms with van der Waals surface area (Å²) in [4.78, 5) is 28.2. The molecule has 0 aliphatic carbocycles. The number of carbonyl (C=O) groups is 2. The van der Waals surface area contributed by atoms with E-state index in [9.17, 15) is 9.59 Å². The maximum atomic E-state index is 12.3. The van der Waals surface area contributed by atoms with E-state index in [1.165, 1.54) is 0 Å². The number of anilines is 2. The smallest absolute Gasteiger partial charge is 0.319 e. The number of hydrogen-bond donors (Lipinski definition) is 3. The first-order chi connectivity index (χ1) is 13.1. The lowest BCUT2D eigenvalue weighted by Gasteiger charge is -2.10. The summed E-state index contributed by atoms with van der Waals surface area (Å²) < 4.78 is 0.728. The van der Waals surface area contributed by atoms with Crippen LogP contribution in [0.25, 0.3) is 0 Å². The molecule has 3 N–H and O–H groups in total. The zero-order valence-corrected chi connectivity index (χ0v) is 15.9. The lowest BCUT2D eigenvalue weighted by molar-refractivity contribution is 0.102. The van der Waals surface area contributed by atoms with Gasteiger partial charge in [0.2, 0.25) is 0 Å². The van der Waals surface area contributed by atoms with E-state index in [0.717, 1.165) is 10.0 Å². The summed E-state index contributed by atoms with van der Waals surface area (Å²) >= 11 is 3.36. The van der Waals surface area contributed by atoms with Crippen LogP contribution < -0.4 is 16.0 Å². The van der Waals surface area contributed by atoms with Gasteiger partial charge in [-0.3, -0.25) is 9.78 Å². The van der Waals surface area contributed by atoms with Crippen LogP contribution in [0.4, 0.5) is 16.2 Å². The molecule has 0 unspecified atom stereocenters. The summed E-state index contributed by atoms with van der Waals surface area (Å²) in [6.45, 7) is 0.389. The number of benzene rings is 2. The van der Waals surface area contributed by atoms with Crippen LogP contribution in [0.15, 0.2) is 77.5 Å². The van der Waals surface area contributed by atoms with E-state index in [1.54, 1.807) is 48.8 Å². The van der Waals surface area contributed by atoms with Crippen molar-refractivity contribution in [3.8, 4) is 0 Å². The van der Waals surface area contributed by atoms with Gasteiger partial charge < -0.3 is 16.0 Å². The quantitative estimate of drug-likeness (QED) is 0.566. The van der Waals surface area contributed by atoms with Gasteiger partial charge in [0.05, 0.1) is 5.56 Å². The van der Waals surface area contributed by atoms with E-state index in [0.29, 0.717) is 23.5 Å². The number of nitrogens with zero attached hydrogens (tertiary/aromatic N) is 1. The first-order valence-corrected chi connectivity index (χ1v) is 9.01. The number of aromatic nitrogens is 1. The molecule has 0 aliphatic heterocycles. The Hall–Kier alpha value is -3.19. The van der Waals surface area contributed by atoms with E-state index >= 15 is 0 Å². The molecule has 7 heteroatoms. The highest BCUT2D eigenvalue weighted by Crippen LogP contribution is 2.19. The van der Waals surface area contributed by atoms with Crippen LogP contribution in [0.1, 0.15) is 15.9 Å². The number of nitrogens with one attached hydrogen (secondary N) is 3. The number of urea groups is 1. The lowest BCUT2D eigenvalue weighted by atomic mass is 10.2. The maximum Gasteiger partial charge on any atom is 0.319 e. The van der Waals surface area contributed by atoms with Crippen molar-refractivity contribution < 1.29 is 9.59 Å². The highest BCUT2D eigenvalue weighted by molar-refractivity contribution is 9.10. The second kappa shape index (κ2) is 8.95. The Bertz CT molecular complexity index is 930. The minimum Gasteiger partial charge on any atom is -0.334 e. The molecule has 2 aromatic carbocycles. The number of amides is 3. The molecule has 6 nitrogen and oxygen atoms in total. The van der Waals surface area contributed by atoms with Gasteiger partial charge in [0, 0.05) is 34.8 Å². The summed E-state index contributed by atoms with van der Waals surface area (Å²) in [6.07, 6.45) is 3.38. The average Bonchev–Trinajstić information content (AvgIpc) is 2.69. The van der Waals surface area contributed by atoms with Crippen LogP contribution in [0.2, 0.25) is 0 Å². The molecular weight excluding hydrogens is 408 g/mol. The molecule has 0 atom stereocenters. The molecule has 0 fully saturated rings. The fourth-order valence-corrected chi connectivity index (χ4v) is 2.81. The Labute approximate surface area is 165 Å². The van der Waals surface area contributed by atoms with E-state index < -0.39 is 0 Å². The van der Waals surface area contributed by atoms with Gasteiger partial charge in [-0.15, -0.1) is 0 Å². The molecular formula is C20H17BrN4O2. The van der Waals surface area contributed by atoms with Crippen LogP contribution in [-0.2, 0) is 6.54 Å². The van der Waals surface area contributed by atoms with Gasteiger partial charge in [0.1, 0.15) is 0 Å². The average molecular weight is 425 g/mol. The molecule has 1 aromatic heterocycles. The summed E-state index contributed by atoms with van der Waals surface area (Å²) in [7, 11) is 0. The van der Waals surface area contributed by atoms with Crippen LogP contribution in [0, 0.1) is 0 Å². The van der Waals surface area contributed by atoms with Gasteiger partial charge in [-0.25, -0.2) is 4.79 Å². The standard InChI is InChI=1S/C20H17BrN4O2/c21-18-6-2-1-5-17(18)19(26)24-15-7-9-16(10-8-15)25-20(27)23-13-14-4-3-11-22-12-14/h1-12H,13H2,(H,24,26)(H2,23,25,27). The fraction of sp³-hybridized carbons (Fsp3) is 0.0500. The van der Waals surface area contributed by atoms with Crippen molar-refractivity contribution in [3.05, 3.63) is 88.7 Å². The highest BCUT2D eigenvalue weighted by Gasteiger charge is 2.09. The Balaban J connectivity index is 1.53.